The van der Waals surface area contributed by atoms with Crippen LogP contribution < -0.4 is 11.1 Å². The van der Waals surface area contributed by atoms with E-state index in [-0.39, 0.29) is 11.0 Å². The maximum absolute atomic E-state index is 5.70. The Morgan fingerprint density at radius 2 is 1.93 bits per heavy atom. The molecule has 0 saturated carbocycles. The van der Waals surface area contributed by atoms with Gasteiger partial charge in [-0.15, -0.1) is 0 Å². The van der Waals surface area contributed by atoms with Crippen molar-refractivity contribution in [2.24, 2.45) is 11.1 Å². The van der Waals surface area contributed by atoms with Crippen LogP contribution in [-0.4, -0.2) is 31.8 Å². The second-order valence-electron chi connectivity index (χ2n) is 5.39. The Morgan fingerprint density at radius 3 is 2.43 bits per heavy atom. The van der Waals surface area contributed by atoms with E-state index in [0.29, 0.717) is 0 Å². The van der Waals surface area contributed by atoms with Crippen LogP contribution in [0.15, 0.2) is 0 Å². The van der Waals surface area contributed by atoms with E-state index >= 15 is 0 Å². The maximum Gasteiger partial charge on any atom is 0.0483 e. The highest BCUT2D eigenvalue weighted by atomic mass is 16.5. The molecule has 1 rings (SSSR count). The van der Waals surface area contributed by atoms with Crippen LogP contribution in [0, 0.1) is 5.41 Å². The van der Waals surface area contributed by atoms with Crippen LogP contribution in [0.2, 0.25) is 0 Å². The standard InChI is InChI=1S/C11H24N2O/c1-10(2,8-12)9-13-11(3)4-6-14-7-5-11/h13H,4-9,12H2,1-3H3. The largest absolute Gasteiger partial charge is 0.381 e. The van der Waals surface area contributed by atoms with Crippen molar-refractivity contribution in [2.75, 3.05) is 26.3 Å². The second kappa shape index (κ2) is 4.60. The molecule has 1 aliphatic heterocycles. The van der Waals surface area contributed by atoms with Crippen LogP contribution in [-0.2, 0) is 4.74 Å². The normalized spacial score (nSPS) is 22.3. The highest BCUT2D eigenvalue weighted by Gasteiger charge is 2.28. The van der Waals surface area contributed by atoms with Crippen molar-refractivity contribution in [1.29, 1.82) is 0 Å². The zero-order valence-corrected chi connectivity index (χ0v) is 9.73. The molecular formula is C11H24N2O. The Kier molecular flexibility index (Phi) is 3.93. The summed E-state index contributed by atoms with van der Waals surface area (Å²) >= 11 is 0. The van der Waals surface area contributed by atoms with Crippen LogP contribution in [0.4, 0.5) is 0 Å². The summed E-state index contributed by atoms with van der Waals surface area (Å²) in [7, 11) is 0. The maximum atomic E-state index is 5.70. The molecule has 3 nitrogen and oxygen atoms in total. The lowest BCUT2D eigenvalue weighted by Gasteiger charge is -2.37. The van der Waals surface area contributed by atoms with Crippen LogP contribution in [0.5, 0.6) is 0 Å². The smallest absolute Gasteiger partial charge is 0.0483 e. The minimum atomic E-state index is 0.196. The summed E-state index contributed by atoms with van der Waals surface area (Å²) < 4.78 is 5.36. The molecule has 14 heavy (non-hydrogen) atoms. The first-order valence-electron chi connectivity index (χ1n) is 5.50. The number of nitrogens with one attached hydrogen (secondary N) is 1. The van der Waals surface area contributed by atoms with Crippen LogP contribution >= 0.6 is 0 Å². The third-order valence-electron chi connectivity index (χ3n) is 3.14. The Balaban J connectivity index is 2.35. The summed E-state index contributed by atoms with van der Waals surface area (Å²) in [5.74, 6) is 0. The molecule has 3 heteroatoms. The highest BCUT2D eigenvalue weighted by Crippen LogP contribution is 2.21. The van der Waals surface area contributed by atoms with Gasteiger partial charge < -0.3 is 15.8 Å². The van der Waals surface area contributed by atoms with Crippen LogP contribution in [0.1, 0.15) is 33.6 Å². The van der Waals surface area contributed by atoms with E-state index in [0.717, 1.165) is 39.1 Å². The molecule has 0 atom stereocenters. The van der Waals surface area contributed by atoms with Crippen molar-refractivity contribution < 1.29 is 4.74 Å². The first kappa shape index (κ1) is 12.0. The topological polar surface area (TPSA) is 47.3 Å². The van der Waals surface area contributed by atoms with Gasteiger partial charge in [-0.1, -0.05) is 13.8 Å². The van der Waals surface area contributed by atoms with Crippen molar-refractivity contribution in [2.45, 2.75) is 39.2 Å². The number of ether oxygens (including phenoxy) is 1. The van der Waals surface area contributed by atoms with E-state index in [1.807, 2.05) is 0 Å². The van der Waals surface area contributed by atoms with E-state index in [1.165, 1.54) is 0 Å². The van der Waals surface area contributed by atoms with Gasteiger partial charge in [0, 0.05) is 25.3 Å². The predicted octanol–water partition coefficient (Wildman–Crippen LogP) is 1.13. The molecule has 1 saturated heterocycles. The van der Waals surface area contributed by atoms with E-state index < -0.39 is 0 Å². The molecule has 1 fully saturated rings. The van der Waals surface area contributed by atoms with Gasteiger partial charge in [0.2, 0.25) is 0 Å². The van der Waals surface area contributed by atoms with Gasteiger partial charge in [0.05, 0.1) is 0 Å². The Morgan fingerprint density at radius 1 is 1.36 bits per heavy atom. The fraction of sp³-hybridized carbons (Fsp3) is 1.00. The monoisotopic (exact) mass is 200 g/mol. The zero-order valence-electron chi connectivity index (χ0n) is 9.73. The predicted molar refractivity (Wildman–Crippen MR) is 59.3 cm³/mol. The van der Waals surface area contributed by atoms with Gasteiger partial charge in [0.1, 0.15) is 0 Å². The summed E-state index contributed by atoms with van der Waals surface area (Å²) in [4.78, 5) is 0. The molecule has 0 spiro atoms. The van der Waals surface area contributed by atoms with Crippen molar-refractivity contribution in [3.05, 3.63) is 0 Å². The average molecular weight is 200 g/mol. The summed E-state index contributed by atoms with van der Waals surface area (Å²) in [6, 6.07) is 0. The van der Waals surface area contributed by atoms with Gasteiger partial charge in [0.25, 0.3) is 0 Å². The molecule has 0 aromatic rings. The lowest BCUT2D eigenvalue weighted by molar-refractivity contribution is 0.0416. The minimum Gasteiger partial charge on any atom is -0.381 e. The van der Waals surface area contributed by atoms with E-state index in [1.54, 1.807) is 0 Å². The number of nitrogens with two attached hydrogens (primary N) is 1. The van der Waals surface area contributed by atoms with Crippen molar-refractivity contribution >= 4 is 0 Å². The van der Waals surface area contributed by atoms with Gasteiger partial charge in [-0.3, -0.25) is 0 Å². The van der Waals surface area contributed by atoms with Gasteiger partial charge in [-0.25, -0.2) is 0 Å². The number of hydrogen-bond donors (Lipinski definition) is 2. The van der Waals surface area contributed by atoms with Gasteiger partial charge in [-0.2, -0.15) is 0 Å². The SMILES string of the molecule is CC(C)(CN)CNC1(C)CCOCC1. The molecule has 0 aliphatic carbocycles. The molecule has 0 radical (unpaired) electrons. The molecular weight excluding hydrogens is 176 g/mol. The van der Waals surface area contributed by atoms with Gasteiger partial charge in [-0.05, 0) is 31.7 Å². The fourth-order valence-electron chi connectivity index (χ4n) is 1.52. The first-order chi connectivity index (χ1) is 6.47. The molecule has 84 valence electrons. The summed E-state index contributed by atoms with van der Waals surface area (Å²) in [5, 5.41) is 3.63. The van der Waals surface area contributed by atoms with E-state index in [4.69, 9.17) is 10.5 Å². The Bertz CT molecular complexity index is 174. The Labute approximate surface area is 87.4 Å². The van der Waals surface area contributed by atoms with Crippen molar-refractivity contribution in [1.82, 2.24) is 5.32 Å². The third kappa shape index (κ3) is 3.56. The molecule has 1 heterocycles. The summed E-state index contributed by atoms with van der Waals surface area (Å²) in [5.41, 5.74) is 6.15. The van der Waals surface area contributed by atoms with Crippen molar-refractivity contribution in [3.8, 4) is 0 Å². The lowest BCUT2D eigenvalue weighted by atomic mass is 9.88. The molecule has 0 aromatic heterocycles. The van der Waals surface area contributed by atoms with E-state index in [2.05, 4.69) is 26.1 Å². The number of hydrogen-bond acceptors (Lipinski definition) is 3. The molecule has 0 unspecified atom stereocenters. The quantitative estimate of drug-likeness (QED) is 0.715. The highest BCUT2D eigenvalue weighted by molar-refractivity contribution is 4.87. The number of rotatable bonds is 4. The lowest BCUT2D eigenvalue weighted by Crippen LogP contribution is -2.51. The fourth-order valence-corrected chi connectivity index (χ4v) is 1.52. The zero-order chi connectivity index (χ0) is 10.7. The van der Waals surface area contributed by atoms with Gasteiger partial charge in [0.15, 0.2) is 0 Å². The molecule has 0 amide bonds. The van der Waals surface area contributed by atoms with Crippen LogP contribution in [0.25, 0.3) is 0 Å². The molecule has 1 aliphatic rings. The Hall–Kier alpha value is -0.120. The molecule has 3 N–H and O–H groups in total. The first-order valence-corrected chi connectivity index (χ1v) is 5.50. The molecule has 0 bridgehead atoms. The summed E-state index contributed by atoms with van der Waals surface area (Å²) in [6.45, 7) is 10.2. The average Bonchev–Trinajstić information content (AvgIpc) is 2.17. The van der Waals surface area contributed by atoms with Gasteiger partial charge >= 0.3 is 0 Å². The minimum absolute atomic E-state index is 0.196. The third-order valence-corrected chi connectivity index (χ3v) is 3.14. The van der Waals surface area contributed by atoms with Crippen molar-refractivity contribution in [3.63, 3.8) is 0 Å². The van der Waals surface area contributed by atoms with E-state index in [9.17, 15) is 0 Å². The second-order valence-corrected chi connectivity index (χ2v) is 5.39. The van der Waals surface area contributed by atoms with Crippen LogP contribution in [0.3, 0.4) is 0 Å². The summed E-state index contributed by atoms with van der Waals surface area (Å²) in [6.07, 6.45) is 2.21. The molecule has 0 aromatic carbocycles.